The molecule has 4 aliphatic rings. The van der Waals surface area contributed by atoms with Crippen LogP contribution in [0.5, 0.6) is 0 Å². The van der Waals surface area contributed by atoms with Crippen molar-refractivity contribution in [1.29, 1.82) is 0 Å². The number of fused-ring (bicyclic) bond motifs is 5. The van der Waals surface area contributed by atoms with Gasteiger partial charge in [-0.1, -0.05) is 29.8 Å². The summed E-state index contributed by atoms with van der Waals surface area (Å²) in [7, 11) is 0. The van der Waals surface area contributed by atoms with Crippen molar-refractivity contribution in [3.8, 4) is 0 Å². The molecule has 0 aromatic heterocycles. The summed E-state index contributed by atoms with van der Waals surface area (Å²) >= 11 is 3.22. The van der Waals surface area contributed by atoms with Crippen molar-refractivity contribution in [3.05, 3.63) is 0 Å². The van der Waals surface area contributed by atoms with Crippen LogP contribution in [0, 0.1) is 34.5 Å². The van der Waals surface area contributed by atoms with E-state index in [2.05, 4.69) is 22.9 Å². The first-order valence-electron chi connectivity index (χ1n) is 10.0. The monoisotopic (exact) mass is 424 g/mol. The van der Waals surface area contributed by atoms with E-state index in [0.29, 0.717) is 37.4 Å². The Morgan fingerprint density at radius 3 is 2.62 bits per heavy atom. The highest BCUT2D eigenvalue weighted by Crippen LogP contribution is 2.67. The van der Waals surface area contributed by atoms with Gasteiger partial charge in [0.2, 0.25) is 0 Å². The third kappa shape index (κ3) is 2.25. The maximum Gasteiger partial charge on any atom is 0.175 e. The molecular weight excluding hydrogens is 396 g/mol. The number of carbonyl (C=O) groups excluding carboxylic acids is 3. The van der Waals surface area contributed by atoms with Crippen LogP contribution >= 0.6 is 15.9 Å². The molecule has 0 amide bonds. The lowest BCUT2D eigenvalue weighted by Gasteiger charge is -2.59. The zero-order valence-electron chi connectivity index (χ0n) is 15.7. The second-order valence-electron chi connectivity index (χ2n) is 9.79. The van der Waals surface area contributed by atoms with Gasteiger partial charge in [-0.15, -0.1) is 0 Å². The summed E-state index contributed by atoms with van der Waals surface area (Å²) < 4.78 is 0. The molecule has 4 aliphatic carbocycles. The van der Waals surface area contributed by atoms with Gasteiger partial charge in [-0.2, -0.15) is 0 Å². The zero-order valence-corrected chi connectivity index (χ0v) is 17.3. The molecule has 0 heterocycles. The minimum Gasteiger partial charge on any atom is -0.381 e. The quantitative estimate of drug-likeness (QED) is 0.688. The zero-order chi connectivity index (χ0) is 18.9. The fourth-order valence-electron chi connectivity index (χ4n) is 7.43. The van der Waals surface area contributed by atoms with Crippen LogP contribution in [-0.2, 0) is 14.4 Å². The number of halogens is 1. The van der Waals surface area contributed by atoms with Gasteiger partial charge in [-0.05, 0) is 55.3 Å². The molecule has 144 valence electrons. The Labute approximate surface area is 163 Å². The van der Waals surface area contributed by atoms with Crippen LogP contribution in [0.3, 0.4) is 0 Å². The summed E-state index contributed by atoms with van der Waals surface area (Å²) in [6.45, 7) is 4.20. The van der Waals surface area contributed by atoms with Crippen molar-refractivity contribution in [2.75, 3.05) is 5.33 Å². The van der Waals surface area contributed by atoms with Gasteiger partial charge < -0.3 is 5.11 Å². The molecule has 0 aliphatic heterocycles. The van der Waals surface area contributed by atoms with Crippen LogP contribution in [0.4, 0.5) is 0 Å². The van der Waals surface area contributed by atoms with E-state index in [9.17, 15) is 19.5 Å². The molecule has 26 heavy (non-hydrogen) atoms. The third-order valence-electron chi connectivity index (χ3n) is 8.90. The predicted molar refractivity (Wildman–Crippen MR) is 101 cm³/mol. The molecule has 7 atom stereocenters. The number of rotatable bonds is 2. The van der Waals surface area contributed by atoms with Crippen LogP contribution in [-0.4, -0.2) is 33.4 Å². The van der Waals surface area contributed by atoms with Gasteiger partial charge in [0.25, 0.3) is 0 Å². The standard InChI is InChI=1S/C21H29BrO4/c1-19-7-5-13(23)9-12(19)3-4-14-15-6-8-21(26,17(25)11-22)20(15,2)10-16(24)18(14)19/h12,14-15,18,26H,3-11H2,1-2H3/t12?,14-,15-,18+,19-,20-,21-/m0/s1. The molecule has 4 rings (SSSR count). The molecule has 4 fully saturated rings. The van der Waals surface area contributed by atoms with Gasteiger partial charge in [0.15, 0.2) is 5.78 Å². The average Bonchev–Trinajstić information content (AvgIpc) is 2.86. The van der Waals surface area contributed by atoms with E-state index in [1.54, 1.807) is 0 Å². The summed E-state index contributed by atoms with van der Waals surface area (Å²) in [5, 5.41) is 11.4. The molecule has 0 spiro atoms. The minimum absolute atomic E-state index is 0.00570. The molecule has 4 nitrogen and oxygen atoms in total. The molecule has 4 saturated carbocycles. The lowest BCUT2D eigenvalue weighted by Crippen LogP contribution is -2.61. The average molecular weight is 425 g/mol. The van der Waals surface area contributed by atoms with E-state index in [1.807, 2.05) is 6.92 Å². The molecule has 0 aromatic rings. The number of hydrogen-bond donors (Lipinski definition) is 1. The molecular formula is C21H29BrO4. The largest absolute Gasteiger partial charge is 0.381 e. The molecule has 0 radical (unpaired) electrons. The van der Waals surface area contributed by atoms with Gasteiger partial charge in [0.1, 0.15) is 17.2 Å². The molecule has 1 unspecified atom stereocenters. The molecule has 1 N–H and O–H groups in total. The van der Waals surface area contributed by atoms with Gasteiger partial charge in [0.05, 0.1) is 5.33 Å². The molecule has 5 heteroatoms. The van der Waals surface area contributed by atoms with E-state index in [1.165, 1.54) is 0 Å². The fraction of sp³-hybridized carbons (Fsp3) is 0.857. The van der Waals surface area contributed by atoms with Crippen LogP contribution in [0.15, 0.2) is 0 Å². The second-order valence-corrected chi connectivity index (χ2v) is 10.3. The van der Waals surface area contributed by atoms with Crippen molar-refractivity contribution in [3.63, 3.8) is 0 Å². The Bertz CT molecular complexity index is 675. The van der Waals surface area contributed by atoms with Gasteiger partial charge in [-0.25, -0.2) is 0 Å². The highest BCUT2D eigenvalue weighted by Gasteiger charge is 2.68. The predicted octanol–water partition coefficient (Wildman–Crippen LogP) is 3.47. The minimum atomic E-state index is -1.39. The van der Waals surface area contributed by atoms with Crippen molar-refractivity contribution < 1.29 is 19.5 Å². The van der Waals surface area contributed by atoms with Crippen molar-refractivity contribution in [2.45, 2.75) is 70.8 Å². The maximum absolute atomic E-state index is 13.4. The Morgan fingerprint density at radius 2 is 1.92 bits per heavy atom. The molecule has 0 bridgehead atoms. The van der Waals surface area contributed by atoms with Crippen molar-refractivity contribution in [1.82, 2.24) is 0 Å². The number of hydrogen-bond acceptors (Lipinski definition) is 4. The first-order chi connectivity index (χ1) is 12.2. The van der Waals surface area contributed by atoms with E-state index < -0.39 is 11.0 Å². The van der Waals surface area contributed by atoms with E-state index >= 15 is 0 Å². The van der Waals surface area contributed by atoms with Gasteiger partial charge in [0, 0.05) is 30.6 Å². The Balaban J connectivity index is 1.71. The van der Waals surface area contributed by atoms with Crippen molar-refractivity contribution in [2.24, 2.45) is 34.5 Å². The Hall–Kier alpha value is -0.550. The third-order valence-corrected chi connectivity index (χ3v) is 9.41. The van der Waals surface area contributed by atoms with Crippen LogP contribution in [0.25, 0.3) is 0 Å². The highest BCUT2D eigenvalue weighted by molar-refractivity contribution is 9.09. The van der Waals surface area contributed by atoms with E-state index in [0.717, 1.165) is 25.7 Å². The smallest absolute Gasteiger partial charge is 0.175 e. The van der Waals surface area contributed by atoms with Crippen LogP contribution in [0.1, 0.15) is 65.2 Å². The van der Waals surface area contributed by atoms with E-state index in [4.69, 9.17) is 0 Å². The lowest BCUT2D eigenvalue weighted by atomic mass is 9.44. The lowest BCUT2D eigenvalue weighted by molar-refractivity contribution is -0.176. The molecule has 0 saturated heterocycles. The van der Waals surface area contributed by atoms with Crippen LogP contribution in [0.2, 0.25) is 0 Å². The topological polar surface area (TPSA) is 71.4 Å². The van der Waals surface area contributed by atoms with E-state index in [-0.39, 0.29) is 40.1 Å². The number of alkyl halides is 1. The maximum atomic E-state index is 13.4. The SMILES string of the molecule is C[C@]12CCC(=O)CC1CC[C@@H]1[C@@H]2C(=O)C[C@@]2(C)[C@H]1CC[C@]2(O)C(=O)CBr. The Morgan fingerprint density at radius 1 is 1.19 bits per heavy atom. The number of aliphatic hydroxyl groups is 1. The number of ketones is 3. The normalized spacial score (nSPS) is 50.8. The Kier molecular flexibility index (Phi) is 4.32. The summed E-state index contributed by atoms with van der Waals surface area (Å²) in [6.07, 6.45) is 5.56. The highest BCUT2D eigenvalue weighted by atomic mass is 79.9. The summed E-state index contributed by atoms with van der Waals surface area (Å²) in [4.78, 5) is 37.9. The van der Waals surface area contributed by atoms with Crippen LogP contribution < -0.4 is 0 Å². The van der Waals surface area contributed by atoms with Crippen molar-refractivity contribution >= 4 is 33.3 Å². The summed E-state index contributed by atoms with van der Waals surface area (Å²) in [5.74, 6) is 1.16. The van der Waals surface area contributed by atoms with Gasteiger partial charge >= 0.3 is 0 Å². The fourth-order valence-corrected chi connectivity index (χ4v) is 7.90. The summed E-state index contributed by atoms with van der Waals surface area (Å²) in [6, 6.07) is 0. The van der Waals surface area contributed by atoms with Gasteiger partial charge in [-0.3, -0.25) is 14.4 Å². The first-order valence-corrected chi connectivity index (χ1v) is 11.2. The number of Topliss-reactive ketones (excluding diaryl/α,β-unsaturated/α-hetero) is 3. The first kappa shape index (κ1) is 18.8. The second kappa shape index (κ2) is 5.97. The summed E-state index contributed by atoms with van der Waals surface area (Å²) in [5.41, 5.74) is -2.12. The number of carbonyl (C=O) groups is 3. The molecule has 0 aromatic carbocycles.